The van der Waals surface area contributed by atoms with Crippen LogP contribution in [0, 0.1) is 11.3 Å². The molecule has 6 heteroatoms. The molecule has 2 N–H and O–H groups in total. The molecular formula is C14H15ClN4O. The van der Waals surface area contributed by atoms with Gasteiger partial charge in [-0.3, -0.25) is 4.79 Å². The van der Waals surface area contributed by atoms with Gasteiger partial charge in [0, 0.05) is 43.1 Å². The zero-order valence-corrected chi connectivity index (χ0v) is 11.7. The molecule has 1 heterocycles. The van der Waals surface area contributed by atoms with Crippen molar-refractivity contribution in [2.75, 3.05) is 31.5 Å². The Morgan fingerprint density at radius 2 is 2.20 bits per heavy atom. The van der Waals surface area contributed by atoms with Crippen LogP contribution in [0.2, 0.25) is 5.02 Å². The van der Waals surface area contributed by atoms with E-state index in [0.29, 0.717) is 18.1 Å². The van der Waals surface area contributed by atoms with Gasteiger partial charge in [0.25, 0.3) is 5.91 Å². The molecule has 0 aliphatic carbocycles. The van der Waals surface area contributed by atoms with Gasteiger partial charge >= 0.3 is 0 Å². The van der Waals surface area contributed by atoms with Gasteiger partial charge in [0.2, 0.25) is 0 Å². The number of piperazine rings is 1. The number of anilines is 1. The number of benzene rings is 1. The quantitative estimate of drug-likeness (QED) is 0.655. The van der Waals surface area contributed by atoms with Crippen LogP contribution in [0.25, 0.3) is 0 Å². The summed E-state index contributed by atoms with van der Waals surface area (Å²) in [6.45, 7) is 2.75. The van der Waals surface area contributed by atoms with Crippen molar-refractivity contribution in [2.45, 2.75) is 0 Å². The largest absolute Gasteiger partial charge is 0.360 e. The molecule has 1 saturated heterocycles. The molecule has 0 aromatic heterocycles. The highest BCUT2D eigenvalue weighted by molar-refractivity contribution is 6.30. The minimum Gasteiger partial charge on any atom is -0.360 e. The average molecular weight is 291 g/mol. The van der Waals surface area contributed by atoms with Gasteiger partial charge in [-0.05, 0) is 18.2 Å². The predicted molar refractivity (Wildman–Crippen MR) is 78.2 cm³/mol. The number of nitrogens with zero attached hydrogens (tertiary/aromatic N) is 2. The van der Waals surface area contributed by atoms with Crippen LogP contribution in [0.1, 0.15) is 0 Å². The maximum absolute atomic E-state index is 12.2. The highest BCUT2D eigenvalue weighted by atomic mass is 35.5. The molecule has 0 saturated carbocycles. The molecule has 1 aliphatic heterocycles. The van der Waals surface area contributed by atoms with Crippen LogP contribution in [-0.2, 0) is 4.79 Å². The van der Waals surface area contributed by atoms with Crippen LogP contribution >= 0.6 is 11.6 Å². The Labute approximate surface area is 122 Å². The minimum atomic E-state index is -0.247. The van der Waals surface area contributed by atoms with Crippen molar-refractivity contribution in [1.82, 2.24) is 10.2 Å². The summed E-state index contributed by atoms with van der Waals surface area (Å²) in [6, 6.07) is 9.03. The fraction of sp³-hybridized carbons (Fsp3) is 0.286. The molecule has 2 rings (SSSR count). The summed E-state index contributed by atoms with van der Waals surface area (Å²) in [5, 5.41) is 15.8. The van der Waals surface area contributed by atoms with Crippen LogP contribution in [0.15, 0.2) is 36.0 Å². The number of nitriles is 1. The summed E-state index contributed by atoms with van der Waals surface area (Å²) < 4.78 is 0. The Hall–Kier alpha value is -2.03. The van der Waals surface area contributed by atoms with Gasteiger partial charge in [-0.15, -0.1) is 0 Å². The number of rotatable bonds is 3. The highest BCUT2D eigenvalue weighted by Gasteiger charge is 2.19. The molecular weight excluding hydrogens is 276 g/mol. The summed E-state index contributed by atoms with van der Waals surface area (Å²) in [6.07, 6.45) is 1.43. The first-order valence-corrected chi connectivity index (χ1v) is 6.71. The molecule has 0 unspecified atom stereocenters. The van der Waals surface area contributed by atoms with Gasteiger partial charge in [-0.25, -0.2) is 0 Å². The van der Waals surface area contributed by atoms with Gasteiger partial charge in [0.1, 0.15) is 11.6 Å². The highest BCUT2D eigenvalue weighted by Crippen LogP contribution is 2.15. The van der Waals surface area contributed by atoms with Gasteiger partial charge in [-0.2, -0.15) is 5.26 Å². The first-order valence-electron chi connectivity index (χ1n) is 6.33. The summed E-state index contributed by atoms with van der Waals surface area (Å²) >= 11 is 5.87. The molecule has 0 atom stereocenters. The lowest BCUT2D eigenvalue weighted by atomic mass is 10.2. The number of hydrogen-bond donors (Lipinski definition) is 2. The Bertz CT molecular complexity index is 559. The molecule has 1 amide bonds. The van der Waals surface area contributed by atoms with Crippen molar-refractivity contribution >= 4 is 23.2 Å². The second-order valence-electron chi connectivity index (χ2n) is 4.37. The molecule has 20 heavy (non-hydrogen) atoms. The molecule has 1 aromatic carbocycles. The Kier molecular flexibility index (Phi) is 4.99. The first kappa shape index (κ1) is 14.4. The second-order valence-corrected chi connectivity index (χ2v) is 4.80. The van der Waals surface area contributed by atoms with E-state index in [4.69, 9.17) is 16.9 Å². The summed E-state index contributed by atoms with van der Waals surface area (Å²) in [4.78, 5) is 13.8. The first-order chi connectivity index (χ1) is 9.70. The molecule has 0 radical (unpaired) electrons. The molecule has 1 aliphatic rings. The van der Waals surface area contributed by atoms with Gasteiger partial charge in [0.15, 0.2) is 0 Å². The summed E-state index contributed by atoms with van der Waals surface area (Å²) in [5.41, 5.74) is 0.824. The lowest BCUT2D eigenvalue weighted by Gasteiger charge is -2.27. The second kappa shape index (κ2) is 6.94. The maximum Gasteiger partial charge on any atom is 0.266 e. The van der Waals surface area contributed by atoms with Crippen LogP contribution in [-0.4, -0.2) is 37.0 Å². The molecule has 5 nitrogen and oxygen atoms in total. The maximum atomic E-state index is 12.2. The van der Waals surface area contributed by atoms with E-state index in [1.54, 1.807) is 23.1 Å². The van der Waals surface area contributed by atoms with Crippen LogP contribution in [0.5, 0.6) is 0 Å². The standard InChI is InChI=1S/C14H15ClN4O/c15-12-2-1-3-13(8-12)18-10-11(9-16)14(20)19-6-4-17-5-7-19/h1-3,8,10,17-18H,4-7H2/b11-10-. The topological polar surface area (TPSA) is 68.2 Å². The lowest BCUT2D eigenvalue weighted by molar-refractivity contribution is -0.127. The van der Waals surface area contributed by atoms with E-state index in [2.05, 4.69) is 10.6 Å². The SMILES string of the molecule is N#C/C(=C/Nc1cccc(Cl)c1)C(=O)N1CCNCC1. The molecule has 0 bridgehead atoms. The zero-order chi connectivity index (χ0) is 14.4. The van der Waals surface area contributed by atoms with Crippen molar-refractivity contribution in [3.8, 4) is 6.07 Å². The number of halogens is 1. The predicted octanol–water partition coefficient (Wildman–Crippen LogP) is 1.59. The van der Waals surface area contributed by atoms with E-state index < -0.39 is 0 Å². The van der Waals surface area contributed by atoms with E-state index in [1.807, 2.05) is 12.1 Å². The van der Waals surface area contributed by atoms with Crippen molar-refractivity contribution in [2.24, 2.45) is 0 Å². The lowest BCUT2D eigenvalue weighted by Crippen LogP contribution is -2.46. The Morgan fingerprint density at radius 1 is 1.45 bits per heavy atom. The van der Waals surface area contributed by atoms with Gasteiger partial charge < -0.3 is 15.5 Å². The third kappa shape index (κ3) is 3.73. The number of carbonyl (C=O) groups is 1. The van der Waals surface area contributed by atoms with E-state index in [-0.39, 0.29) is 11.5 Å². The Morgan fingerprint density at radius 3 is 2.85 bits per heavy atom. The van der Waals surface area contributed by atoms with E-state index in [9.17, 15) is 4.79 Å². The van der Waals surface area contributed by atoms with Crippen molar-refractivity contribution in [3.63, 3.8) is 0 Å². The van der Waals surface area contributed by atoms with Gasteiger partial charge in [0.05, 0.1) is 0 Å². The summed E-state index contributed by atoms with van der Waals surface area (Å²) in [7, 11) is 0. The van der Waals surface area contributed by atoms with Crippen molar-refractivity contribution in [1.29, 1.82) is 5.26 Å². The average Bonchev–Trinajstić information content (AvgIpc) is 2.48. The number of hydrogen-bond acceptors (Lipinski definition) is 4. The van der Waals surface area contributed by atoms with E-state index in [1.165, 1.54) is 6.20 Å². The van der Waals surface area contributed by atoms with Crippen molar-refractivity contribution < 1.29 is 4.79 Å². The van der Waals surface area contributed by atoms with Crippen LogP contribution < -0.4 is 10.6 Å². The summed E-state index contributed by atoms with van der Waals surface area (Å²) in [5.74, 6) is -0.247. The number of amides is 1. The fourth-order valence-corrected chi connectivity index (χ4v) is 2.10. The van der Waals surface area contributed by atoms with E-state index >= 15 is 0 Å². The van der Waals surface area contributed by atoms with E-state index in [0.717, 1.165) is 18.8 Å². The third-order valence-corrected chi connectivity index (χ3v) is 3.20. The monoisotopic (exact) mass is 290 g/mol. The smallest absolute Gasteiger partial charge is 0.266 e. The molecule has 104 valence electrons. The third-order valence-electron chi connectivity index (χ3n) is 2.96. The molecule has 1 fully saturated rings. The number of carbonyl (C=O) groups excluding carboxylic acids is 1. The van der Waals surface area contributed by atoms with Crippen LogP contribution in [0.4, 0.5) is 5.69 Å². The molecule has 1 aromatic rings. The molecule has 0 spiro atoms. The van der Waals surface area contributed by atoms with Crippen LogP contribution in [0.3, 0.4) is 0 Å². The number of nitrogens with one attached hydrogen (secondary N) is 2. The Balaban J connectivity index is 2.05. The fourth-order valence-electron chi connectivity index (χ4n) is 1.91. The van der Waals surface area contributed by atoms with Gasteiger partial charge in [-0.1, -0.05) is 17.7 Å². The van der Waals surface area contributed by atoms with Crippen molar-refractivity contribution in [3.05, 3.63) is 41.1 Å². The zero-order valence-electron chi connectivity index (χ0n) is 10.9. The normalized spacial score (nSPS) is 15.6. The minimum absolute atomic E-state index is 0.0897.